The van der Waals surface area contributed by atoms with Crippen LogP contribution in [0.15, 0.2) is 18.2 Å². The summed E-state index contributed by atoms with van der Waals surface area (Å²) in [7, 11) is 0. The van der Waals surface area contributed by atoms with E-state index in [0.717, 1.165) is 25.7 Å². The number of carboxylic acid groups (broad SMARTS) is 1. The summed E-state index contributed by atoms with van der Waals surface area (Å²) in [6.07, 6.45) is 4.17. The number of fused-ring (bicyclic) bond motifs is 2. The molecule has 1 unspecified atom stereocenters. The molecule has 2 bridgehead atoms. The minimum atomic E-state index is -0.738. The molecule has 4 heteroatoms. The Kier molecular flexibility index (Phi) is 3.50. The molecule has 3 nitrogen and oxygen atoms in total. The standard InChI is InChI=1S/C16H20FNO2/c1-10-6-11(2-5-15(10)17)12-7-13-3-4-14(8-12)18(13)9-16(19)20/h2,5-6,12-14H,3-4,7-9H2,1H3,(H,19,20)/t12?,13-,14+. The number of piperidine rings is 1. The van der Waals surface area contributed by atoms with Gasteiger partial charge in [-0.15, -0.1) is 0 Å². The fraction of sp³-hybridized carbons (Fsp3) is 0.562. The molecule has 1 N–H and O–H groups in total. The smallest absolute Gasteiger partial charge is 0.317 e. The Morgan fingerprint density at radius 1 is 1.35 bits per heavy atom. The van der Waals surface area contributed by atoms with Gasteiger partial charge in [-0.1, -0.05) is 12.1 Å². The first kappa shape index (κ1) is 13.6. The second-order valence-corrected chi connectivity index (χ2v) is 6.13. The number of halogens is 1. The molecule has 20 heavy (non-hydrogen) atoms. The van der Waals surface area contributed by atoms with Gasteiger partial charge in [0, 0.05) is 12.1 Å². The first-order valence-electron chi connectivity index (χ1n) is 7.28. The molecule has 0 spiro atoms. The van der Waals surface area contributed by atoms with Crippen molar-refractivity contribution in [1.29, 1.82) is 0 Å². The highest BCUT2D eigenvalue weighted by atomic mass is 19.1. The fourth-order valence-electron chi connectivity index (χ4n) is 3.88. The molecule has 1 aromatic rings. The molecule has 2 aliphatic rings. The van der Waals surface area contributed by atoms with Crippen LogP contribution in [0.2, 0.25) is 0 Å². The lowest BCUT2D eigenvalue weighted by molar-refractivity contribution is -0.139. The monoisotopic (exact) mass is 277 g/mol. The molecule has 0 radical (unpaired) electrons. The molecule has 0 amide bonds. The van der Waals surface area contributed by atoms with Crippen LogP contribution in [0, 0.1) is 12.7 Å². The van der Waals surface area contributed by atoms with E-state index < -0.39 is 5.97 Å². The van der Waals surface area contributed by atoms with E-state index in [9.17, 15) is 9.18 Å². The van der Waals surface area contributed by atoms with E-state index in [2.05, 4.69) is 4.90 Å². The zero-order chi connectivity index (χ0) is 14.3. The molecule has 3 atom stereocenters. The summed E-state index contributed by atoms with van der Waals surface area (Å²) >= 11 is 0. The van der Waals surface area contributed by atoms with Crippen LogP contribution in [0.25, 0.3) is 0 Å². The highest BCUT2D eigenvalue weighted by molar-refractivity contribution is 5.69. The van der Waals surface area contributed by atoms with Gasteiger partial charge in [-0.05, 0) is 55.7 Å². The number of hydrogen-bond donors (Lipinski definition) is 1. The van der Waals surface area contributed by atoms with Crippen molar-refractivity contribution in [3.05, 3.63) is 35.1 Å². The van der Waals surface area contributed by atoms with Crippen LogP contribution in [-0.4, -0.2) is 34.6 Å². The number of carboxylic acids is 1. The van der Waals surface area contributed by atoms with Gasteiger partial charge in [-0.2, -0.15) is 0 Å². The first-order valence-corrected chi connectivity index (χ1v) is 7.28. The second kappa shape index (κ2) is 5.17. The number of aliphatic carboxylic acids is 1. The van der Waals surface area contributed by atoms with E-state index in [1.165, 1.54) is 5.56 Å². The minimum Gasteiger partial charge on any atom is -0.480 e. The van der Waals surface area contributed by atoms with Crippen molar-refractivity contribution in [3.8, 4) is 0 Å². The summed E-state index contributed by atoms with van der Waals surface area (Å²) in [4.78, 5) is 13.1. The number of nitrogens with zero attached hydrogens (tertiary/aromatic N) is 1. The van der Waals surface area contributed by atoms with Crippen LogP contribution in [-0.2, 0) is 4.79 Å². The van der Waals surface area contributed by atoms with E-state index >= 15 is 0 Å². The highest BCUT2D eigenvalue weighted by Crippen LogP contribution is 2.43. The van der Waals surface area contributed by atoms with Crippen LogP contribution in [0.4, 0.5) is 4.39 Å². The zero-order valence-electron chi connectivity index (χ0n) is 11.7. The van der Waals surface area contributed by atoms with Gasteiger partial charge in [0.1, 0.15) is 5.82 Å². The van der Waals surface area contributed by atoms with Crippen LogP contribution in [0.1, 0.15) is 42.7 Å². The maximum Gasteiger partial charge on any atom is 0.317 e. The quantitative estimate of drug-likeness (QED) is 0.923. The molecule has 1 aromatic carbocycles. The topological polar surface area (TPSA) is 40.5 Å². The molecular formula is C16H20FNO2. The van der Waals surface area contributed by atoms with Gasteiger partial charge in [-0.3, -0.25) is 9.69 Å². The van der Waals surface area contributed by atoms with E-state index in [0.29, 0.717) is 23.6 Å². The third kappa shape index (κ3) is 2.44. The summed E-state index contributed by atoms with van der Waals surface area (Å²) in [6, 6.07) is 6.14. The van der Waals surface area contributed by atoms with Crippen molar-refractivity contribution in [1.82, 2.24) is 4.90 Å². The van der Waals surface area contributed by atoms with Gasteiger partial charge in [-0.25, -0.2) is 4.39 Å². The van der Waals surface area contributed by atoms with Crippen LogP contribution in [0.3, 0.4) is 0 Å². The maximum absolute atomic E-state index is 13.4. The van der Waals surface area contributed by atoms with Crippen molar-refractivity contribution in [2.24, 2.45) is 0 Å². The lowest BCUT2D eigenvalue weighted by atomic mass is 9.84. The molecule has 0 aliphatic carbocycles. The van der Waals surface area contributed by atoms with Crippen molar-refractivity contribution in [3.63, 3.8) is 0 Å². The summed E-state index contributed by atoms with van der Waals surface area (Å²) in [5, 5.41) is 9.00. The van der Waals surface area contributed by atoms with Crippen LogP contribution in [0.5, 0.6) is 0 Å². The Morgan fingerprint density at radius 2 is 2.00 bits per heavy atom. The molecule has 2 aliphatic heterocycles. The molecule has 2 fully saturated rings. The Labute approximate surface area is 118 Å². The highest BCUT2D eigenvalue weighted by Gasteiger charge is 2.41. The molecule has 0 aromatic heterocycles. The van der Waals surface area contributed by atoms with Gasteiger partial charge in [0.05, 0.1) is 6.54 Å². The summed E-state index contributed by atoms with van der Waals surface area (Å²) < 4.78 is 13.4. The predicted octanol–water partition coefficient (Wildman–Crippen LogP) is 2.93. The Bertz CT molecular complexity index is 517. The molecule has 3 rings (SSSR count). The largest absolute Gasteiger partial charge is 0.480 e. The number of rotatable bonds is 3. The van der Waals surface area contributed by atoms with E-state index in [1.54, 1.807) is 13.0 Å². The molecule has 2 saturated heterocycles. The number of aryl methyl sites for hydroxylation is 1. The number of benzene rings is 1. The molecule has 108 valence electrons. The van der Waals surface area contributed by atoms with E-state index in [1.807, 2.05) is 12.1 Å². The minimum absolute atomic E-state index is 0.153. The van der Waals surface area contributed by atoms with Crippen molar-refractivity contribution < 1.29 is 14.3 Å². The average Bonchev–Trinajstić information content (AvgIpc) is 2.63. The Balaban J connectivity index is 1.76. The third-order valence-electron chi connectivity index (χ3n) is 4.86. The molecule has 0 saturated carbocycles. The SMILES string of the molecule is Cc1cc(C2C[C@H]3CC[C@@H](C2)N3CC(=O)O)ccc1F. The van der Waals surface area contributed by atoms with Crippen molar-refractivity contribution >= 4 is 5.97 Å². The fourth-order valence-corrected chi connectivity index (χ4v) is 3.88. The van der Waals surface area contributed by atoms with Crippen LogP contribution >= 0.6 is 0 Å². The Morgan fingerprint density at radius 3 is 2.55 bits per heavy atom. The van der Waals surface area contributed by atoms with Crippen molar-refractivity contribution in [2.75, 3.05) is 6.54 Å². The molecule has 2 heterocycles. The van der Waals surface area contributed by atoms with Gasteiger partial charge >= 0.3 is 5.97 Å². The average molecular weight is 277 g/mol. The van der Waals surface area contributed by atoms with Gasteiger partial charge in [0.15, 0.2) is 0 Å². The Hall–Kier alpha value is -1.42. The van der Waals surface area contributed by atoms with Gasteiger partial charge in [0.25, 0.3) is 0 Å². The lowest BCUT2D eigenvalue weighted by Crippen LogP contribution is -2.44. The normalized spacial score (nSPS) is 29.6. The van der Waals surface area contributed by atoms with E-state index in [4.69, 9.17) is 5.11 Å². The zero-order valence-corrected chi connectivity index (χ0v) is 11.7. The van der Waals surface area contributed by atoms with E-state index in [-0.39, 0.29) is 12.4 Å². The summed E-state index contributed by atoms with van der Waals surface area (Å²) in [6.45, 7) is 1.96. The number of carbonyl (C=O) groups is 1. The first-order chi connectivity index (χ1) is 9.54. The third-order valence-corrected chi connectivity index (χ3v) is 4.86. The van der Waals surface area contributed by atoms with Gasteiger partial charge < -0.3 is 5.11 Å². The maximum atomic E-state index is 13.4. The van der Waals surface area contributed by atoms with Crippen LogP contribution < -0.4 is 0 Å². The molecular weight excluding hydrogens is 257 g/mol. The second-order valence-electron chi connectivity index (χ2n) is 6.13. The number of hydrogen-bond acceptors (Lipinski definition) is 2. The summed E-state index contributed by atoms with van der Waals surface area (Å²) in [5.41, 5.74) is 1.90. The van der Waals surface area contributed by atoms with Crippen molar-refractivity contribution in [2.45, 2.75) is 50.6 Å². The lowest BCUT2D eigenvalue weighted by Gasteiger charge is -2.38. The summed E-state index contributed by atoms with van der Waals surface area (Å²) in [5.74, 6) is -0.449. The van der Waals surface area contributed by atoms with Gasteiger partial charge in [0.2, 0.25) is 0 Å². The predicted molar refractivity (Wildman–Crippen MR) is 74.3 cm³/mol.